The molecule has 0 aliphatic heterocycles. The molecule has 2 aromatic heterocycles. The number of benzene rings is 9. The zero-order chi connectivity index (χ0) is 38.5. The summed E-state index contributed by atoms with van der Waals surface area (Å²) in [6, 6.07) is 52.4. The predicted molar refractivity (Wildman–Crippen MR) is 245 cm³/mol. The van der Waals surface area contributed by atoms with Gasteiger partial charge in [-0.25, -0.2) is 0 Å². The van der Waals surface area contributed by atoms with Crippen molar-refractivity contribution in [3.63, 3.8) is 0 Å². The quantitative estimate of drug-likeness (QED) is 0.135. The Bertz CT molecular complexity index is 3400. The average molecular weight is 712 g/mol. The van der Waals surface area contributed by atoms with E-state index in [1.807, 2.05) is 36.4 Å². The van der Waals surface area contributed by atoms with Gasteiger partial charge in [0.05, 0.1) is 0 Å². The second-order valence-electron chi connectivity index (χ2n) is 14.6. The molecule has 0 spiro atoms. The van der Waals surface area contributed by atoms with Crippen LogP contribution in [0.15, 0.2) is 160 Å². The highest BCUT2D eigenvalue weighted by atomic mass is 16.3. The van der Waals surface area contributed by atoms with E-state index in [0.29, 0.717) is 16.5 Å². The molecule has 0 amide bonds. The van der Waals surface area contributed by atoms with E-state index in [1.54, 1.807) is 0 Å². The molecule has 0 saturated carbocycles. The molecule has 2 heterocycles. The van der Waals surface area contributed by atoms with E-state index < -0.39 is 0 Å². The van der Waals surface area contributed by atoms with Crippen LogP contribution < -0.4 is 27.3 Å². The van der Waals surface area contributed by atoms with Crippen molar-refractivity contribution in [2.45, 2.75) is 0 Å². The van der Waals surface area contributed by atoms with E-state index in [4.69, 9.17) is 48.1 Å². The standard InChI is InChI=1S/C50H25B5O2/c51-45-44(46(52)48(54)49(55)47(45)53)42-31-16-3-1-14-29(31)40(30-15-2-4-17-32(30)42)26-11-9-12-27(25-26)41-33(23-24-39-43(41)36-18-6-8-22-38(36)56-39)35-20-10-19-34-28-13-5-7-21-37(28)57-50(34)35/h1-25H. The molecular formula is C50H25B5O2. The molecule has 0 fully saturated rings. The topological polar surface area (TPSA) is 26.3 Å². The molecule has 0 unspecified atom stereocenters. The highest BCUT2D eigenvalue weighted by Gasteiger charge is 2.24. The van der Waals surface area contributed by atoms with Crippen LogP contribution in [0.4, 0.5) is 0 Å². The first-order chi connectivity index (χ1) is 27.9. The van der Waals surface area contributed by atoms with Gasteiger partial charge in [0.2, 0.25) is 0 Å². The second-order valence-corrected chi connectivity index (χ2v) is 14.6. The van der Waals surface area contributed by atoms with Crippen LogP contribution in [0, 0.1) is 0 Å². The lowest BCUT2D eigenvalue weighted by Crippen LogP contribution is -2.55. The highest BCUT2D eigenvalue weighted by Crippen LogP contribution is 2.48. The first-order valence-electron chi connectivity index (χ1n) is 18.8. The van der Waals surface area contributed by atoms with E-state index >= 15 is 0 Å². The number of fused-ring (bicyclic) bond motifs is 8. The number of rotatable bonds is 4. The van der Waals surface area contributed by atoms with Crippen LogP contribution in [0.2, 0.25) is 0 Å². The van der Waals surface area contributed by atoms with E-state index in [1.165, 1.54) is 0 Å². The van der Waals surface area contributed by atoms with Crippen molar-refractivity contribution >= 4 is 132 Å². The average Bonchev–Trinajstić information content (AvgIpc) is 3.83. The van der Waals surface area contributed by atoms with Crippen molar-refractivity contribution in [3.8, 4) is 44.5 Å². The van der Waals surface area contributed by atoms with Crippen molar-refractivity contribution in [2.24, 2.45) is 0 Å². The van der Waals surface area contributed by atoms with E-state index in [9.17, 15) is 0 Å². The molecular weight excluding hydrogens is 687 g/mol. The largest absolute Gasteiger partial charge is 0.456 e. The molecule has 10 radical (unpaired) electrons. The van der Waals surface area contributed by atoms with Crippen LogP contribution in [0.5, 0.6) is 0 Å². The first-order valence-corrected chi connectivity index (χ1v) is 18.8. The summed E-state index contributed by atoms with van der Waals surface area (Å²) in [4.78, 5) is 0. The Kier molecular flexibility index (Phi) is 7.53. The van der Waals surface area contributed by atoms with Gasteiger partial charge in [-0.1, -0.05) is 132 Å². The van der Waals surface area contributed by atoms with Crippen LogP contribution in [0.3, 0.4) is 0 Å². The molecule has 0 aliphatic carbocycles. The molecule has 252 valence electrons. The molecule has 0 N–H and O–H groups in total. The van der Waals surface area contributed by atoms with Crippen molar-refractivity contribution in [1.82, 2.24) is 0 Å². The SMILES string of the molecule is [B]c1c([B])c([B])c(-c2c3ccccc3c(-c3cccc(-c4c(-c5cccc6c5oc5ccccc56)ccc5oc6ccccc6c45)c3)c3ccccc23)c([B])c1[B]. The summed E-state index contributed by atoms with van der Waals surface area (Å²) >= 11 is 0. The maximum atomic E-state index is 6.74. The molecule has 9 aromatic carbocycles. The smallest absolute Gasteiger partial charge is 0.143 e. The monoisotopic (exact) mass is 712 g/mol. The van der Waals surface area contributed by atoms with Gasteiger partial charge in [-0.15, -0.1) is 16.4 Å². The molecule has 2 nitrogen and oxygen atoms in total. The fraction of sp³-hybridized carbons (Fsp3) is 0. The normalized spacial score (nSPS) is 11.9. The van der Waals surface area contributed by atoms with Gasteiger partial charge in [0.25, 0.3) is 0 Å². The molecule has 0 bridgehead atoms. The van der Waals surface area contributed by atoms with Crippen molar-refractivity contribution in [1.29, 1.82) is 0 Å². The van der Waals surface area contributed by atoms with Gasteiger partial charge in [-0.05, 0) is 85.3 Å². The minimum Gasteiger partial charge on any atom is -0.456 e. The first kappa shape index (κ1) is 33.7. The van der Waals surface area contributed by atoms with Gasteiger partial charge in [-0.3, -0.25) is 0 Å². The summed E-state index contributed by atoms with van der Waals surface area (Å²) in [6.45, 7) is 0. The van der Waals surface area contributed by atoms with E-state index in [-0.39, 0.29) is 16.4 Å². The van der Waals surface area contributed by atoms with E-state index in [2.05, 4.69) is 115 Å². The Morgan fingerprint density at radius 1 is 0.298 bits per heavy atom. The Morgan fingerprint density at radius 2 is 0.789 bits per heavy atom. The fourth-order valence-corrected chi connectivity index (χ4v) is 8.96. The number of hydrogen-bond acceptors (Lipinski definition) is 2. The lowest BCUT2D eigenvalue weighted by Gasteiger charge is -2.25. The van der Waals surface area contributed by atoms with Gasteiger partial charge >= 0.3 is 0 Å². The van der Waals surface area contributed by atoms with Gasteiger partial charge < -0.3 is 8.83 Å². The van der Waals surface area contributed by atoms with Crippen LogP contribution in [0.25, 0.3) is 110 Å². The van der Waals surface area contributed by atoms with Crippen molar-refractivity contribution < 1.29 is 8.83 Å². The van der Waals surface area contributed by atoms with Gasteiger partial charge in [0.1, 0.15) is 61.6 Å². The molecule has 11 aromatic rings. The van der Waals surface area contributed by atoms with Gasteiger partial charge in [0.15, 0.2) is 0 Å². The highest BCUT2D eigenvalue weighted by molar-refractivity contribution is 6.69. The Labute approximate surface area is 335 Å². The molecule has 0 saturated heterocycles. The van der Waals surface area contributed by atoms with Crippen LogP contribution in [0.1, 0.15) is 0 Å². The predicted octanol–water partition coefficient (Wildman–Crippen LogP) is 8.43. The van der Waals surface area contributed by atoms with Crippen molar-refractivity contribution in [2.75, 3.05) is 0 Å². The fourth-order valence-electron chi connectivity index (χ4n) is 8.96. The number of furan rings is 2. The Hall–Kier alpha value is -6.58. The lowest BCUT2D eigenvalue weighted by atomic mass is 9.59. The third-order valence-electron chi connectivity index (χ3n) is 11.6. The summed E-state index contributed by atoms with van der Waals surface area (Å²) in [5.74, 6) is 0. The van der Waals surface area contributed by atoms with Crippen LogP contribution in [-0.2, 0) is 0 Å². The van der Waals surface area contributed by atoms with Gasteiger partial charge in [-0.2, -0.15) is 0 Å². The minimum atomic E-state index is 0.187. The molecule has 11 rings (SSSR count). The van der Waals surface area contributed by atoms with E-state index in [0.717, 1.165) is 104 Å². The Balaban J connectivity index is 1.22. The molecule has 0 aliphatic rings. The van der Waals surface area contributed by atoms with Gasteiger partial charge in [0, 0.05) is 32.7 Å². The molecule has 0 atom stereocenters. The summed E-state index contributed by atoms with van der Waals surface area (Å²) in [6.07, 6.45) is 0. The molecule has 57 heavy (non-hydrogen) atoms. The lowest BCUT2D eigenvalue weighted by molar-refractivity contribution is 0.668. The zero-order valence-corrected chi connectivity index (χ0v) is 30.6. The summed E-state index contributed by atoms with van der Waals surface area (Å²) in [5.41, 5.74) is 12.3. The van der Waals surface area contributed by atoms with Crippen molar-refractivity contribution in [3.05, 3.63) is 152 Å². The summed E-state index contributed by atoms with van der Waals surface area (Å²) < 4.78 is 13.1. The Morgan fingerprint density at radius 3 is 1.44 bits per heavy atom. The molecule has 7 heteroatoms. The third kappa shape index (κ3) is 4.91. The minimum absolute atomic E-state index is 0.187. The third-order valence-corrected chi connectivity index (χ3v) is 11.6. The van der Waals surface area contributed by atoms with Crippen LogP contribution in [-0.4, -0.2) is 39.2 Å². The summed E-state index contributed by atoms with van der Waals surface area (Å²) in [5, 5.41) is 8.21. The zero-order valence-electron chi connectivity index (χ0n) is 30.6. The maximum absolute atomic E-state index is 6.74. The summed E-state index contributed by atoms with van der Waals surface area (Å²) in [7, 11) is 32.6. The second kappa shape index (κ2) is 12.7. The number of para-hydroxylation sites is 3. The number of hydrogen-bond donors (Lipinski definition) is 0. The van der Waals surface area contributed by atoms with Crippen LogP contribution >= 0.6 is 0 Å². The maximum Gasteiger partial charge on any atom is 0.143 e.